The van der Waals surface area contributed by atoms with Gasteiger partial charge in [-0.1, -0.05) is 12.1 Å². The average Bonchev–Trinajstić information content (AvgIpc) is 2.69. The van der Waals surface area contributed by atoms with Crippen LogP contribution in [0.4, 0.5) is 8.78 Å². The second-order valence-electron chi connectivity index (χ2n) is 7.65. The molecule has 1 aromatic rings. The zero-order chi connectivity index (χ0) is 20.3. The van der Waals surface area contributed by atoms with Crippen molar-refractivity contribution in [3.8, 4) is 0 Å². The minimum absolute atomic E-state index is 0.0743. The van der Waals surface area contributed by atoms with Crippen molar-refractivity contribution < 1.29 is 28.2 Å². The Morgan fingerprint density at radius 3 is 2.68 bits per heavy atom. The number of methoxy groups -OCH3 is 1. The number of ether oxygens (including phenoxy) is 1. The van der Waals surface area contributed by atoms with Gasteiger partial charge in [-0.25, -0.2) is 8.78 Å². The highest BCUT2D eigenvalue weighted by atomic mass is 19.2. The van der Waals surface area contributed by atoms with Crippen LogP contribution in [0, 0.1) is 17.6 Å². The molecule has 0 bridgehead atoms. The number of aliphatic hydroxyl groups is 1. The molecule has 0 radical (unpaired) electrons. The number of carbonyl (C=O) groups excluding carboxylic acids is 2. The quantitative estimate of drug-likeness (QED) is 0.768. The van der Waals surface area contributed by atoms with Crippen molar-refractivity contribution in [1.82, 2.24) is 9.80 Å². The van der Waals surface area contributed by atoms with Crippen LogP contribution in [-0.2, 0) is 20.9 Å². The number of piperidine rings is 2. The summed E-state index contributed by atoms with van der Waals surface area (Å²) in [5.41, 5.74) is -1.46. The highest BCUT2D eigenvalue weighted by Crippen LogP contribution is 2.28. The van der Waals surface area contributed by atoms with E-state index in [1.54, 1.807) is 0 Å². The number of nitrogens with zero attached hydrogens (tertiary/aromatic N) is 2. The monoisotopic (exact) mass is 396 g/mol. The van der Waals surface area contributed by atoms with Crippen LogP contribution in [0.3, 0.4) is 0 Å². The van der Waals surface area contributed by atoms with E-state index < -0.39 is 23.1 Å². The van der Waals surface area contributed by atoms with Crippen molar-refractivity contribution >= 4 is 11.9 Å². The highest BCUT2D eigenvalue weighted by Gasteiger charge is 2.44. The first kappa shape index (κ1) is 20.7. The van der Waals surface area contributed by atoms with Crippen LogP contribution in [0.15, 0.2) is 18.2 Å². The lowest BCUT2D eigenvalue weighted by Crippen LogP contribution is -2.59. The van der Waals surface area contributed by atoms with Crippen LogP contribution >= 0.6 is 0 Å². The van der Waals surface area contributed by atoms with Crippen LogP contribution in [0.5, 0.6) is 0 Å². The molecular formula is C20H26F2N2O4. The number of hydrogen-bond acceptors (Lipinski definition) is 5. The maximum atomic E-state index is 14.0. The molecule has 1 atom stereocenters. The van der Waals surface area contributed by atoms with E-state index in [0.717, 1.165) is 6.07 Å². The summed E-state index contributed by atoms with van der Waals surface area (Å²) in [7, 11) is 1.37. The largest absolute Gasteiger partial charge is 0.469 e. The van der Waals surface area contributed by atoms with Gasteiger partial charge in [-0.2, -0.15) is 0 Å². The summed E-state index contributed by atoms with van der Waals surface area (Å²) < 4.78 is 32.2. The highest BCUT2D eigenvalue weighted by molar-refractivity contribution is 5.86. The Bertz CT molecular complexity index is 737. The standard InChI is InChI=1S/C20H26F2N2O4/c1-28-18(25)14-6-10-23(11-7-14)13-20(27)8-3-9-24(19(20)26)12-15-4-2-5-16(21)17(15)22/h2,4-5,14,27H,3,6-13H2,1H3/t20-/m1/s1. The Morgan fingerprint density at radius 1 is 1.29 bits per heavy atom. The molecule has 0 aromatic heterocycles. The molecule has 0 aliphatic carbocycles. The lowest BCUT2D eigenvalue weighted by atomic mass is 9.89. The second kappa shape index (κ2) is 8.53. The number of esters is 1. The van der Waals surface area contributed by atoms with E-state index in [4.69, 9.17) is 4.74 Å². The van der Waals surface area contributed by atoms with Gasteiger partial charge in [0.25, 0.3) is 5.91 Å². The molecule has 28 heavy (non-hydrogen) atoms. The number of likely N-dealkylation sites (tertiary alicyclic amines) is 2. The van der Waals surface area contributed by atoms with Gasteiger partial charge >= 0.3 is 5.97 Å². The molecule has 1 amide bonds. The van der Waals surface area contributed by atoms with Gasteiger partial charge < -0.3 is 14.7 Å². The second-order valence-corrected chi connectivity index (χ2v) is 7.65. The minimum atomic E-state index is -1.56. The van der Waals surface area contributed by atoms with Crippen molar-refractivity contribution in [1.29, 1.82) is 0 Å². The number of amides is 1. The molecule has 0 unspecified atom stereocenters. The van der Waals surface area contributed by atoms with Crippen LogP contribution in [-0.4, -0.2) is 65.7 Å². The fourth-order valence-electron chi connectivity index (χ4n) is 4.10. The summed E-state index contributed by atoms with van der Waals surface area (Å²) in [5.74, 6) is -2.75. The van der Waals surface area contributed by atoms with E-state index in [1.165, 1.54) is 24.1 Å². The Morgan fingerprint density at radius 2 is 2.00 bits per heavy atom. The summed E-state index contributed by atoms with van der Waals surface area (Å²) in [6, 6.07) is 3.88. The van der Waals surface area contributed by atoms with E-state index in [0.29, 0.717) is 45.3 Å². The lowest BCUT2D eigenvalue weighted by molar-refractivity contribution is -0.161. The van der Waals surface area contributed by atoms with Crippen LogP contribution in [0.1, 0.15) is 31.2 Å². The fourth-order valence-corrected chi connectivity index (χ4v) is 4.10. The maximum absolute atomic E-state index is 14.0. The molecule has 3 rings (SSSR count). The number of carbonyl (C=O) groups is 2. The summed E-state index contributed by atoms with van der Waals surface area (Å²) >= 11 is 0. The Kier molecular flexibility index (Phi) is 6.30. The van der Waals surface area contributed by atoms with E-state index >= 15 is 0 Å². The number of benzene rings is 1. The van der Waals surface area contributed by atoms with E-state index in [9.17, 15) is 23.5 Å². The molecule has 6 nitrogen and oxygen atoms in total. The SMILES string of the molecule is COC(=O)C1CCN(C[C@]2(O)CCCN(Cc3cccc(F)c3F)C2=O)CC1. The number of hydrogen-bond donors (Lipinski definition) is 1. The van der Waals surface area contributed by atoms with Gasteiger partial charge in [0.1, 0.15) is 0 Å². The normalized spacial score (nSPS) is 24.4. The number of halogens is 2. The predicted octanol–water partition coefficient (Wildman–Crippen LogP) is 1.70. The van der Waals surface area contributed by atoms with Gasteiger partial charge in [0.2, 0.25) is 0 Å². The summed E-state index contributed by atoms with van der Waals surface area (Å²) in [5, 5.41) is 11.0. The molecule has 2 heterocycles. The third kappa shape index (κ3) is 4.33. The Hall–Kier alpha value is -2.06. The number of β-amino-alcohol motifs (C(OH)–C–C–N with tert-alkyl or cyclic N) is 1. The minimum Gasteiger partial charge on any atom is -0.469 e. The van der Waals surface area contributed by atoms with Gasteiger partial charge in [-0.15, -0.1) is 0 Å². The van der Waals surface area contributed by atoms with Crippen molar-refractivity contribution in [3.05, 3.63) is 35.4 Å². The number of rotatable bonds is 5. The molecule has 2 fully saturated rings. The first-order valence-corrected chi connectivity index (χ1v) is 9.59. The first-order chi connectivity index (χ1) is 13.3. The molecule has 2 saturated heterocycles. The third-order valence-electron chi connectivity index (χ3n) is 5.70. The summed E-state index contributed by atoms with van der Waals surface area (Å²) in [6.07, 6.45) is 2.15. The van der Waals surface area contributed by atoms with E-state index in [-0.39, 0.29) is 30.5 Å². The third-order valence-corrected chi connectivity index (χ3v) is 5.70. The van der Waals surface area contributed by atoms with Gasteiger partial charge in [0.05, 0.1) is 13.0 Å². The van der Waals surface area contributed by atoms with Gasteiger partial charge in [-0.3, -0.25) is 14.5 Å². The Labute approximate surface area is 163 Å². The molecule has 154 valence electrons. The molecule has 1 N–H and O–H groups in total. The smallest absolute Gasteiger partial charge is 0.308 e. The van der Waals surface area contributed by atoms with Crippen molar-refractivity contribution in [2.45, 2.75) is 37.8 Å². The van der Waals surface area contributed by atoms with Crippen molar-refractivity contribution in [2.24, 2.45) is 5.92 Å². The van der Waals surface area contributed by atoms with Crippen LogP contribution in [0.2, 0.25) is 0 Å². The lowest BCUT2D eigenvalue weighted by Gasteiger charge is -2.42. The summed E-state index contributed by atoms with van der Waals surface area (Å²) in [6.45, 7) is 1.67. The molecule has 2 aliphatic rings. The topological polar surface area (TPSA) is 70.1 Å². The molecule has 0 saturated carbocycles. The van der Waals surface area contributed by atoms with Crippen LogP contribution < -0.4 is 0 Å². The molecule has 8 heteroatoms. The molecule has 0 spiro atoms. The average molecular weight is 396 g/mol. The fraction of sp³-hybridized carbons (Fsp3) is 0.600. The van der Waals surface area contributed by atoms with Crippen molar-refractivity contribution in [2.75, 3.05) is 33.3 Å². The zero-order valence-electron chi connectivity index (χ0n) is 16.0. The molecule has 1 aromatic carbocycles. The van der Waals surface area contributed by atoms with Crippen molar-refractivity contribution in [3.63, 3.8) is 0 Å². The first-order valence-electron chi connectivity index (χ1n) is 9.59. The van der Waals surface area contributed by atoms with Gasteiger partial charge in [0.15, 0.2) is 17.2 Å². The maximum Gasteiger partial charge on any atom is 0.308 e. The van der Waals surface area contributed by atoms with Crippen LogP contribution in [0.25, 0.3) is 0 Å². The molecular weight excluding hydrogens is 370 g/mol. The Balaban J connectivity index is 1.63. The molecule has 2 aliphatic heterocycles. The van der Waals surface area contributed by atoms with E-state index in [1.807, 2.05) is 4.90 Å². The van der Waals surface area contributed by atoms with E-state index in [2.05, 4.69) is 0 Å². The predicted molar refractivity (Wildman–Crippen MR) is 97.1 cm³/mol. The zero-order valence-corrected chi connectivity index (χ0v) is 16.0. The summed E-state index contributed by atoms with van der Waals surface area (Å²) in [4.78, 5) is 27.9. The van der Waals surface area contributed by atoms with Gasteiger partial charge in [-0.05, 0) is 44.8 Å². The van der Waals surface area contributed by atoms with Gasteiger partial charge in [0, 0.05) is 25.2 Å².